The van der Waals surface area contributed by atoms with E-state index in [1.165, 1.54) is 11.1 Å². The summed E-state index contributed by atoms with van der Waals surface area (Å²) in [5.74, 6) is 3.49. The molecule has 0 saturated heterocycles. The Hall–Kier alpha value is -0.160. The molecule has 0 atom stereocenters. The van der Waals surface area contributed by atoms with Gasteiger partial charge >= 0.3 is 0 Å². The molecule has 0 amide bonds. The van der Waals surface area contributed by atoms with Gasteiger partial charge in [-0.1, -0.05) is 24.3 Å². The average molecular weight is 258 g/mol. The third-order valence-electron chi connectivity index (χ3n) is 2.10. The third kappa shape index (κ3) is 5.25. The minimum atomic E-state index is 0.242. The van der Waals surface area contributed by atoms with Crippen LogP contribution < -0.4 is 0 Å². The average Bonchev–Trinajstić information content (AvgIpc) is 2.32. The first-order chi connectivity index (χ1) is 7.88. The van der Waals surface area contributed by atoms with Crippen molar-refractivity contribution in [3.8, 4) is 0 Å². The van der Waals surface area contributed by atoms with Gasteiger partial charge < -0.3 is 10.2 Å². The molecule has 1 aromatic carbocycles. The Labute approximate surface area is 105 Å². The van der Waals surface area contributed by atoms with Crippen molar-refractivity contribution in [1.29, 1.82) is 0 Å². The van der Waals surface area contributed by atoms with Gasteiger partial charge in [-0.25, -0.2) is 0 Å². The standard InChI is InChI=1S/C12H18O2S2/c13-5-7-15-9-11-3-1-2-4-12(11)10-16-8-6-14/h1-4,13-14H,5-10H2. The molecular formula is C12H18O2S2. The highest BCUT2D eigenvalue weighted by Gasteiger charge is 2.01. The van der Waals surface area contributed by atoms with E-state index in [1.54, 1.807) is 23.5 Å². The molecule has 0 aromatic heterocycles. The highest BCUT2D eigenvalue weighted by molar-refractivity contribution is 7.98. The lowest BCUT2D eigenvalue weighted by atomic mass is 10.1. The number of aliphatic hydroxyl groups excluding tert-OH is 2. The molecule has 0 fully saturated rings. The first-order valence-electron chi connectivity index (χ1n) is 5.32. The van der Waals surface area contributed by atoms with E-state index in [4.69, 9.17) is 10.2 Å². The van der Waals surface area contributed by atoms with Crippen molar-refractivity contribution < 1.29 is 10.2 Å². The molecule has 2 N–H and O–H groups in total. The van der Waals surface area contributed by atoms with Crippen LogP contribution in [0.2, 0.25) is 0 Å². The van der Waals surface area contributed by atoms with Crippen LogP contribution in [0.15, 0.2) is 24.3 Å². The summed E-state index contributed by atoms with van der Waals surface area (Å²) in [5.41, 5.74) is 2.68. The maximum absolute atomic E-state index is 8.73. The first kappa shape index (κ1) is 13.9. The van der Waals surface area contributed by atoms with Gasteiger partial charge in [-0.3, -0.25) is 0 Å². The van der Waals surface area contributed by atoms with Crippen LogP contribution in [-0.2, 0) is 11.5 Å². The Kier molecular flexibility index (Phi) is 7.76. The van der Waals surface area contributed by atoms with E-state index in [0.717, 1.165) is 23.0 Å². The van der Waals surface area contributed by atoms with Crippen molar-refractivity contribution in [1.82, 2.24) is 0 Å². The topological polar surface area (TPSA) is 40.5 Å². The Balaban J connectivity index is 2.46. The number of hydrogen-bond donors (Lipinski definition) is 2. The Morgan fingerprint density at radius 3 is 1.62 bits per heavy atom. The zero-order chi connectivity index (χ0) is 11.6. The second kappa shape index (κ2) is 8.93. The fourth-order valence-corrected chi connectivity index (χ4v) is 2.88. The van der Waals surface area contributed by atoms with E-state index >= 15 is 0 Å². The van der Waals surface area contributed by atoms with Crippen molar-refractivity contribution in [2.24, 2.45) is 0 Å². The van der Waals surface area contributed by atoms with Gasteiger partial charge in [0.15, 0.2) is 0 Å². The highest BCUT2D eigenvalue weighted by Crippen LogP contribution is 2.20. The molecular weight excluding hydrogens is 240 g/mol. The van der Waals surface area contributed by atoms with E-state index in [9.17, 15) is 0 Å². The molecule has 0 heterocycles. The summed E-state index contributed by atoms with van der Waals surface area (Å²) in [4.78, 5) is 0. The molecule has 0 unspecified atom stereocenters. The summed E-state index contributed by atoms with van der Waals surface area (Å²) >= 11 is 3.50. The predicted octanol–water partition coefficient (Wildman–Crippen LogP) is 2.14. The molecule has 4 heteroatoms. The van der Waals surface area contributed by atoms with Crippen LogP contribution >= 0.6 is 23.5 Å². The maximum Gasteiger partial charge on any atom is 0.0521 e. The quantitative estimate of drug-likeness (QED) is 0.701. The number of rotatable bonds is 8. The largest absolute Gasteiger partial charge is 0.396 e. The van der Waals surface area contributed by atoms with Crippen LogP contribution in [0.4, 0.5) is 0 Å². The highest BCUT2D eigenvalue weighted by atomic mass is 32.2. The molecule has 16 heavy (non-hydrogen) atoms. The monoisotopic (exact) mass is 258 g/mol. The molecule has 0 bridgehead atoms. The van der Waals surface area contributed by atoms with Crippen LogP contribution in [-0.4, -0.2) is 34.9 Å². The number of benzene rings is 1. The lowest BCUT2D eigenvalue weighted by Crippen LogP contribution is -1.94. The Bertz CT molecular complexity index is 263. The molecule has 0 saturated carbocycles. The Morgan fingerprint density at radius 2 is 1.25 bits per heavy atom. The van der Waals surface area contributed by atoms with Crippen LogP contribution in [0.3, 0.4) is 0 Å². The van der Waals surface area contributed by atoms with Gasteiger partial charge in [0.1, 0.15) is 0 Å². The lowest BCUT2D eigenvalue weighted by Gasteiger charge is -2.08. The van der Waals surface area contributed by atoms with Crippen LogP contribution in [0.25, 0.3) is 0 Å². The number of hydrogen-bond acceptors (Lipinski definition) is 4. The van der Waals surface area contributed by atoms with Crippen molar-refractivity contribution in [3.63, 3.8) is 0 Å². The maximum atomic E-state index is 8.73. The second-order valence-corrected chi connectivity index (χ2v) is 5.53. The minimum Gasteiger partial charge on any atom is -0.396 e. The molecule has 1 aromatic rings. The summed E-state index contributed by atoms with van der Waals surface area (Å²) in [6.07, 6.45) is 0. The molecule has 0 radical (unpaired) electrons. The summed E-state index contributed by atoms with van der Waals surface area (Å²) in [5, 5.41) is 17.5. The van der Waals surface area contributed by atoms with E-state index in [1.807, 2.05) is 0 Å². The molecule has 2 nitrogen and oxygen atoms in total. The Morgan fingerprint density at radius 1 is 0.812 bits per heavy atom. The summed E-state index contributed by atoms with van der Waals surface area (Å²) in [6.45, 7) is 0.484. The van der Waals surface area contributed by atoms with Gasteiger partial charge in [0.25, 0.3) is 0 Å². The summed E-state index contributed by atoms with van der Waals surface area (Å²) in [7, 11) is 0. The fraction of sp³-hybridized carbons (Fsp3) is 0.500. The molecule has 0 spiro atoms. The normalized spacial score (nSPS) is 10.6. The van der Waals surface area contributed by atoms with Crippen molar-refractivity contribution in [3.05, 3.63) is 35.4 Å². The summed E-state index contributed by atoms with van der Waals surface area (Å²) < 4.78 is 0. The SMILES string of the molecule is OCCSCc1ccccc1CSCCO. The van der Waals surface area contributed by atoms with Gasteiger partial charge in [-0.15, -0.1) is 0 Å². The second-order valence-electron chi connectivity index (χ2n) is 3.32. The van der Waals surface area contributed by atoms with Crippen molar-refractivity contribution >= 4 is 23.5 Å². The van der Waals surface area contributed by atoms with Gasteiger partial charge in [0.2, 0.25) is 0 Å². The van der Waals surface area contributed by atoms with Crippen molar-refractivity contribution in [2.45, 2.75) is 11.5 Å². The molecule has 0 aliphatic carbocycles. The first-order valence-corrected chi connectivity index (χ1v) is 7.63. The van der Waals surface area contributed by atoms with E-state index in [-0.39, 0.29) is 13.2 Å². The molecule has 90 valence electrons. The zero-order valence-corrected chi connectivity index (χ0v) is 10.9. The van der Waals surface area contributed by atoms with Gasteiger partial charge in [-0.05, 0) is 11.1 Å². The van der Waals surface area contributed by atoms with E-state index < -0.39 is 0 Å². The summed E-state index contributed by atoms with van der Waals surface area (Å²) in [6, 6.07) is 8.38. The van der Waals surface area contributed by atoms with Crippen LogP contribution in [0.1, 0.15) is 11.1 Å². The number of thioether (sulfide) groups is 2. The molecule has 0 aliphatic rings. The minimum absolute atomic E-state index is 0.242. The van der Waals surface area contributed by atoms with Crippen LogP contribution in [0.5, 0.6) is 0 Å². The lowest BCUT2D eigenvalue weighted by molar-refractivity contribution is 0.322. The van der Waals surface area contributed by atoms with Crippen LogP contribution in [0, 0.1) is 0 Å². The van der Waals surface area contributed by atoms with Crippen molar-refractivity contribution in [2.75, 3.05) is 24.7 Å². The fourth-order valence-electron chi connectivity index (χ4n) is 1.33. The van der Waals surface area contributed by atoms with Gasteiger partial charge in [0, 0.05) is 23.0 Å². The molecule has 0 aliphatic heterocycles. The van der Waals surface area contributed by atoms with E-state index in [2.05, 4.69) is 24.3 Å². The third-order valence-corrected chi connectivity index (χ3v) is 4.08. The zero-order valence-electron chi connectivity index (χ0n) is 9.26. The smallest absolute Gasteiger partial charge is 0.0521 e. The predicted molar refractivity (Wildman–Crippen MR) is 72.9 cm³/mol. The van der Waals surface area contributed by atoms with Gasteiger partial charge in [-0.2, -0.15) is 23.5 Å². The molecule has 1 rings (SSSR count). The number of aliphatic hydroxyl groups is 2. The van der Waals surface area contributed by atoms with Gasteiger partial charge in [0.05, 0.1) is 13.2 Å². The van der Waals surface area contributed by atoms with E-state index in [0.29, 0.717) is 0 Å².